The van der Waals surface area contributed by atoms with Crippen LogP contribution in [0.2, 0.25) is 0 Å². The minimum atomic E-state index is 0.586. The Morgan fingerprint density at radius 2 is 1.71 bits per heavy atom. The molecule has 2 saturated heterocycles. The van der Waals surface area contributed by atoms with Gasteiger partial charge >= 0.3 is 0 Å². The number of nitrogens with one attached hydrogen (secondary N) is 1. The maximum Gasteiger partial charge on any atom is 0.0240 e. The van der Waals surface area contributed by atoms with Gasteiger partial charge < -0.3 is 0 Å². The molecule has 0 aromatic carbocycles. The summed E-state index contributed by atoms with van der Waals surface area (Å²) in [5, 5.41) is 0. The molecule has 0 aromatic rings. The Kier molecular flexibility index (Phi) is 2.26. The maximum absolute atomic E-state index is 5.55. The summed E-state index contributed by atoms with van der Waals surface area (Å²) in [5.41, 5.74) is 2.97. The number of piperidine rings is 1. The molecule has 2 bridgehead atoms. The van der Waals surface area contributed by atoms with Crippen molar-refractivity contribution < 1.29 is 0 Å². The highest BCUT2D eigenvalue weighted by atomic mass is 15.3. The highest BCUT2D eigenvalue weighted by molar-refractivity contribution is 4.98. The van der Waals surface area contributed by atoms with Gasteiger partial charge in [0, 0.05) is 24.7 Å². The average molecular weight is 195 g/mol. The van der Waals surface area contributed by atoms with Gasteiger partial charge in [-0.05, 0) is 44.4 Å². The quantitative estimate of drug-likeness (QED) is 0.518. The number of hydrogen-bond acceptors (Lipinski definition) is 3. The van der Waals surface area contributed by atoms with Crippen molar-refractivity contribution in [1.82, 2.24) is 10.3 Å². The Morgan fingerprint density at radius 1 is 1.07 bits per heavy atom. The fraction of sp³-hybridized carbons (Fsp3) is 1.00. The first-order valence-electron chi connectivity index (χ1n) is 6.08. The van der Waals surface area contributed by atoms with E-state index in [4.69, 9.17) is 5.84 Å². The Balaban J connectivity index is 1.64. The second-order valence-electron chi connectivity index (χ2n) is 5.36. The van der Waals surface area contributed by atoms with Crippen LogP contribution in [0.15, 0.2) is 0 Å². The van der Waals surface area contributed by atoms with Crippen molar-refractivity contribution in [1.29, 1.82) is 0 Å². The van der Waals surface area contributed by atoms with Crippen molar-refractivity contribution in [2.75, 3.05) is 6.54 Å². The van der Waals surface area contributed by atoms with E-state index in [0.717, 1.165) is 18.0 Å². The summed E-state index contributed by atoms with van der Waals surface area (Å²) in [6.07, 6.45) is 8.34. The summed E-state index contributed by atoms with van der Waals surface area (Å²) in [6, 6.07) is 2.27. The monoisotopic (exact) mass is 195 g/mol. The van der Waals surface area contributed by atoms with E-state index in [9.17, 15) is 0 Å². The molecule has 0 aromatic heterocycles. The smallest absolute Gasteiger partial charge is 0.0240 e. The summed E-state index contributed by atoms with van der Waals surface area (Å²) in [7, 11) is 0. The van der Waals surface area contributed by atoms with Gasteiger partial charge in [-0.1, -0.05) is 0 Å². The van der Waals surface area contributed by atoms with Gasteiger partial charge in [-0.25, -0.2) is 0 Å². The molecule has 0 radical (unpaired) electrons. The van der Waals surface area contributed by atoms with E-state index < -0.39 is 0 Å². The summed E-state index contributed by atoms with van der Waals surface area (Å²) in [6.45, 7) is 1.38. The number of rotatable bonds is 3. The van der Waals surface area contributed by atoms with Crippen LogP contribution >= 0.6 is 0 Å². The molecule has 0 unspecified atom stereocenters. The van der Waals surface area contributed by atoms with Gasteiger partial charge in [0.15, 0.2) is 0 Å². The molecule has 80 valence electrons. The van der Waals surface area contributed by atoms with Crippen LogP contribution in [0.25, 0.3) is 0 Å². The van der Waals surface area contributed by atoms with Gasteiger partial charge in [0.1, 0.15) is 0 Å². The number of hydrogen-bond donors (Lipinski definition) is 2. The number of hydrazine groups is 1. The molecule has 3 heteroatoms. The predicted molar refractivity (Wildman–Crippen MR) is 56.6 cm³/mol. The largest absolute Gasteiger partial charge is 0.297 e. The highest BCUT2D eigenvalue weighted by Gasteiger charge is 2.42. The third kappa shape index (κ3) is 1.58. The van der Waals surface area contributed by atoms with Gasteiger partial charge in [-0.3, -0.25) is 16.2 Å². The molecule has 2 heterocycles. The van der Waals surface area contributed by atoms with E-state index in [1.807, 2.05) is 0 Å². The first-order chi connectivity index (χ1) is 6.86. The molecule has 0 spiro atoms. The van der Waals surface area contributed by atoms with Crippen molar-refractivity contribution in [3.05, 3.63) is 0 Å². The molecule has 0 amide bonds. The maximum atomic E-state index is 5.55. The van der Waals surface area contributed by atoms with Crippen molar-refractivity contribution in [2.45, 2.75) is 56.7 Å². The lowest BCUT2D eigenvalue weighted by molar-refractivity contribution is 0.112. The molecule has 1 saturated carbocycles. The van der Waals surface area contributed by atoms with E-state index >= 15 is 0 Å². The van der Waals surface area contributed by atoms with Gasteiger partial charge in [-0.15, -0.1) is 0 Å². The van der Waals surface area contributed by atoms with Crippen molar-refractivity contribution >= 4 is 0 Å². The fourth-order valence-electron chi connectivity index (χ4n) is 3.31. The van der Waals surface area contributed by atoms with Crippen LogP contribution in [-0.4, -0.2) is 29.6 Å². The Labute approximate surface area is 86.0 Å². The molecule has 2 aliphatic heterocycles. The summed E-state index contributed by atoms with van der Waals surface area (Å²) in [4.78, 5) is 2.78. The zero-order valence-corrected chi connectivity index (χ0v) is 8.78. The zero-order valence-electron chi connectivity index (χ0n) is 8.78. The molecule has 3 rings (SSSR count). The molecule has 1 aliphatic carbocycles. The molecule has 3 nitrogen and oxygen atoms in total. The molecular formula is C11H21N3. The van der Waals surface area contributed by atoms with Crippen LogP contribution in [0.5, 0.6) is 0 Å². The standard InChI is InChI=1S/C11H21N3/c12-13-9-5-10-3-4-11(6-9)14(10)7-8-1-2-8/h8-11,13H,1-7,12H2/t10-,11-/m0/s1. The lowest BCUT2D eigenvalue weighted by atomic mass is 9.97. The molecule has 3 aliphatic rings. The fourth-order valence-corrected chi connectivity index (χ4v) is 3.31. The number of nitrogens with two attached hydrogens (primary N) is 1. The zero-order chi connectivity index (χ0) is 9.54. The Morgan fingerprint density at radius 3 is 2.21 bits per heavy atom. The number of fused-ring (bicyclic) bond motifs is 2. The highest BCUT2D eigenvalue weighted by Crippen LogP contribution is 2.39. The second kappa shape index (κ2) is 3.47. The van der Waals surface area contributed by atoms with E-state index in [2.05, 4.69) is 10.3 Å². The van der Waals surface area contributed by atoms with Gasteiger partial charge in [0.2, 0.25) is 0 Å². The van der Waals surface area contributed by atoms with Crippen LogP contribution in [0.3, 0.4) is 0 Å². The summed E-state index contributed by atoms with van der Waals surface area (Å²) >= 11 is 0. The Bertz CT molecular complexity index is 201. The van der Waals surface area contributed by atoms with Crippen LogP contribution in [-0.2, 0) is 0 Å². The second-order valence-corrected chi connectivity index (χ2v) is 5.36. The van der Waals surface area contributed by atoms with Crippen molar-refractivity contribution in [3.63, 3.8) is 0 Å². The third-order valence-electron chi connectivity index (χ3n) is 4.29. The molecule has 3 N–H and O–H groups in total. The van der Waals surface area contributed by atoms with Crippen molar-refractivity contribution in [2.24, 2.45) is 11.8 Å². The van der Waals surface area contributed by atoms with E-state index in [-0.39, 0.29) is 0 Å². The summed E-state index contributed by atoms with van der Waals surface area (Å²) < 4.78 is 0. The van der Waals surface area contributed by atoms with Crippen LogP contribution in [0.4, 0.5) is 0 Å². The van der Waals surface area contributed by atoms with Gasteiger partial charge in [0.05, 0.1) is 0 Å². The topological polar surface area (TPSA) is 41.3 Å². The average Bonchev–Trinajstić information content (AvgIpc) is 2.95. The van der Waals surface area contributed by atoms with Crippen LogP contribution in [0.1, 0.15) is 38.5 Å². The number of nitrogens with zero attached hydrogens (tertiary/aromatic N) is 1. The lowest BCUT2D eigenvalue weighted by Crippen LogP contribution is -2.51. The third-order valence-corrected chi connectivity index (χ3v) is 4.29. The minimum Gasteiger partial charge on any atom is -0.297 e. The lowest BCUT2D eigenvalue weighted by Gasteiger charge is -2.38. The first-order valence-corrected chi connectivity index (χ1v) is 6.08. The van der Waals surface area contributed by atoms with Crippen LogP contribution in [0, 0.1) is 5.92 Å². The normalized spacial score (nSPS) is 43.1. The molecule has 2 atom stereocenters. The minimum absolute atomic E-state index is 0.586. The summed E-state index contributed by atoms with van der Waals surface area (Å²) in [5.74, 6) is 6.59. The van der Waals surface area contributed by atoms with Crippen LogP contribution < -0.4 is 11.3 Å². The van der Waals surface area contributed by atoms with E-state index in [1.54, 1.807) is 0 Å². The first kappa shape index (κ1) is 9.13. The molecular weight excluding hydrogens is 174 g/mol. The predicted octanol–water partition coefficient (Wildman–Crippen LogP) is 0.855. The molecule has 14 heavy (non-hydrogen) atoms. The SMILES string of the molecule is NNC1C[C@@H]2CC[C@@H](C1)N2CC1CC1. The van der Waals surface area contributed by atoms with E-state index in [0.29, 0.717) is 6.04 Å². The van der Waals surface area contributed by atoms with Gasteiger partial charge in [0.25, 0.3) is 0 Å². The molecule has 3 fully saturated rings. The van der Waals surface area contributed by atoms with Crippen molar-refractivity contribution in [3.8, 4) is 0 Å². The Hall–Kier alpha value is -0.120. The van der Waals surface area contributed by atoms with E-state index in [1.165, 1.54) is 45.1 Å². The van der Waals surface area contributed by atoms with Gasteiger partial charge in [-0.2, -0.15) is 0 Å².